The van der Waals surface area contributed by atoms with Crippen molar-refractivity contribution in [1.82, 2.24) is 9.03 Å². The highest BCUT2D eigenvalue weighted by atomic mass is 35.5. The molecule has 1 aliphatic rings. The van der Waals surface area contributed by atoms with Gasteiger partial charge in [-0.15, -0.1) is 12.4 Å². The smallest absolute Gasteiger partial charge is 0.242 e. The predicted molar refractivity (Wildman–Crippen MR) is 95.1 cm³/mol. The van der Waals surface area contributed by atoms with Crippen molar-refractivity contribution in [2.24, 2.45) is 5.73 Å². The first-order valence-electron chi connectivity index (χ1n) is 7.43. The average molecular weight is 398 g/mol. The molecule has 0 amide bonds. The van der Waals surface area contributed by atoms with Crippen molar-refractivity contribution in [3.05, 3.63) is 24.3 Å². The zero-order valence-electron chi connectivity index (χ0n) is 13.7. The third-order valence-corrected chi connectivity index (χ3v) is 7.32. The SMILES string of the molecule is CN(C)S(=O)(=O)c1cccc(S(=O)(=O)NC2CCC(N)CC2)c1.Cl. The molecule has 0 aromatic heterocycles. The Kier molecular flexibility index (Phi) is 7.21. The maximum atomic E-state index is 12.5. The maximum absolute atomic E-state index is 12.5. The van der Waals surface area contributed by atoms with E-state index in [2.05, 4.69) is 4.72 Å². The summed E-state index contributed by atoms with van der Waals surface area (Å²) in [6, 6.07) is 5.37. The first kappa shape index (κ1) is 21.3. The standard InChI is InChI=1S/C14H23N3O4S2.ClH/c1-17(2)23(20,21)14-5-3-4-13(10-14)22(18,19)16-12-8-6-11(15)7-9-12;/h3-5,10-12,16H,6-9,15H2,1-2H3;1H. The summed E-state index contributed by atoms with van der Waals surface area (Å²) >= 11 is 0. The summed E-state index contributed by atoms with van der Waals surface area (Å²) in [5.74, 6) is 0. The van der Waals surface area contributed by atoms with Gasteiger partial charge in [-0.25, -0.2) is 25.9 Å². The molecular weight excluding hydrogens is 374 g/mol. The summed E-state index contributed by atoms with van der Waals surface area (Å²) in [5.41, 5.74) is 5.82. The van der Waals surface area contributed by atoms with Gasteiger partial charge in [-0.3, -0.25) is 0 Å². The first-order valence-corrected chi connectivity index (χ1v) is 10.4. The lowest BCUT2D eigenvalue weighted by Gasteiger charge is -2.26. The number of hydrogen-bond donors (Lipinski definition) is 2. The summed E-state index contributed by atoms with van der Waals surface area (Å²) in [7, 11) is -4.63. The molecule has 0 unspecified atom stereocenters. The Balaban J connectivity index is 0.00000288. The van der Waals surface area contributed by atoms with Crippen LogP contribution in [0.2, 0.25) is 0 Å². The fraction of sp³-hybridized carbons (Fsp3) is 0.571. The van der Waals surface area contributed by atoms with Crippen molar-refractivity contribution >= 4 is 32.5 Å². The van der Waals surface area contributed by atoms with Gasteiger partial charge in [-0.1, -0.05) is 6.07 Å². The van der Waals surface area contributed by atoms with Crippen molar-refractivity contribution in [3.63, 3.8) is 0 Å². The van der Waals surface area contributed by atoms with Gasteiger partial charge in [0.25, 0.3) is 0 Å². The minimum atomic E-state index is -3.76. The molecule has 0 radical (unpaired) electrons. The van der Waals surface area contributed by atoms with Gasteiger partial charge in [0.1, 0.15) is 0 Å². The summed E-state index contributed by atoms with van der Waals surface area (Å²) in [6.45, 7) is 0. The second kappa shape index (κ2) is 8.11. The molecule has 7 nitrogen and oxygen atoms in total. The Hall–Kier alpha value is -0.710. The van der Waals surface area contributed by atoms with E-state index in [-0.39, 0.29) is 34.3 Å². The van der Waals surface area contributed by atoms with Crippen molar-refractivity contribution in [2.75, 3.05) is 14.1 Å². The Bertz CT molecular complexity index is 758. The van der Waals surface area contributed by atoms with E-state index >= 15 is 0 Å². The molecule has 1 fully saturated rings. The molecule has 138 valence electrons. The molecule has 2 rings (SSSR count). The number of hydrogen-bond acceptors (Lipinski definition) is 5. The molecule has 10 heteroatoms. The largest absolute Gasteiger partial charge is 0.328 e. The third kappa shape index (κ3) is 4.90. The van der Waals surface area contributed by atoms with Crippen molar-refractivity contribution < 1.29 is 16.8 Å². The van der Waals surface area contributed by atoms with E-state index in [4.69, 9.17) is 5.73 Å². The number of halogens is 1. The first-order chi connectivity index (χ1) is 10.6. The predicted octanol–water partition coefficient (Wildman–Crippen LogP) is 0.907. The molecule has 0 aliphatic heterocycles. The van der Waals surface area contributed by atoms with E-state index in [1.54, 1.807) is 0 Å². The summed E-state index contributed by atoms with van der Waals surface area (Å²) < 4.78 is 52.9. The summed E-state index contributed by atoms with van der Waals surface area (Å²) in [6.07, 6.45) is 2.94. The molecule has 24 heavy (non-hydrogen) atoms. The lowest BCUT2D eigenvalue weighted by Crippen LogP contribution is -2.40. The van der Waals surface area contributed by atoms with Gasteiger partial charge in [-0.2, -0.15) is 0 Å². The Morgan fingerprint density at radius 2 is 1.58 bits per heavy atom. The zero-order valence-corrected chi connectivity index (χ0v) is 16.1. The molecule has 0 heterocycles. The lowest BCUT2D eigenvalue weighted by molar-refractivity contribution is 0.373. The highest BCUT2D eigenvalue weighted by molar-refractivity contribution is 7.90. The van der Waals surface area contributed by atoms with Gasteiger partial charge in [-0.05, 0) is 43.9 Å². The number of nitrogens with zero attached hydrogens (tertiary/aromatic N) is 1. The molecular formula is C14H24ClN3O4S2. The van der Waals surface area contributed by atoms with Crippen molar-refractivity contribution in [1.29, 1.82) is 0 Å². The molecule has 0 saturated heterocycles. The molecule has 1 saturated carbocycles. The van der Waals surface area contributed by atoms with Crippen molar-refractivity contribution in [3.8, 4) is 0 Å². The van der Waals surface area contributed by atoms with E-state index in [0.29, 0.717) is 12.8 Å². The second-order valence-electron chi connectivity index (χ2n) is 6.00. The number of benzene rings is 1. The van der Waals surface area contributed by atoms with Crippen LogP contribution >= 0.6 is 12.4 Å². The highest BCUT2D eigenvalue weighted by Crippen LogP contribution is 2.21. The molecule has 0 atom stereocenters. The number of sulfonamides is 2. The van der Waals surface area contributed by atoms with Crippen LogP contribution in [0.15, 0.2) is 34.1 Å². The molecule has 1 aliphatic carbocycles. The number of rotatable bonds is 5. The summed E-state index contributed by atoms with van der Waals surface area (Å²) in [5, 5.41) is 0. The fourth-order valence-electron chi connectivity index (χ4n) is 2.54. The van der Waals surface area contributed by atoms with Crippen LogP contribution in [0.1, 0.15) is 25.7 Å². The molecule has 0 spiro atoms. The quantitative estimate of drug-likeness (QED) is 0.767. The summed E-state index contributed by atoms with van der Waals surface area (Å²) in [4.78, 5) is -0.0914. The molecule has 1 aromatic carbocycles. The van der Waals surface area contributed by atoms with E-state index in [9.17, 15) is 16.8 Å². The Morgan fingerprint density at radius 1 is 1.04 bits per heavy atom. The van der Waals surface area contributed by atoms with Gasteiger partial charge in [0.15, 0.2) is 0 Å². The Morgan fingerprint density at radius 3 is 2.12 bits per heavy atom. The van der Waals surface area contributed by atoms with Crippen LogP contribution in [0.4, 0.5) is 0 Å². The van der Waals surface area contributed by atoms with Gasteiger partial charge in [0.2, 0.25) is 20.0 Å². The maximum Gasteiger partial charge on any atom is 0.242 e. The molecule has 3 N–H and O–H groups in total. The van der Waals surface area contributed by atoms with Crippen molar-refractivity contribution in [2.45, 2.75) is 47.6 Å². The van der Waals surface area contributed by atoms with Crippen LogP contribution in [0.3, 0.4) is 0 Å². The third-order valence-electron chi connectivity index (χ3n) is 3.99. The monoisotopic (exact) mass is 397 g/mol. The zero-order chi connectivity index (χ0) is 17.3. The minimum Gasteiger partial charge on any atom is -0.328 e. The molecule has 0 bridgehead atoms. The van der Waals surface area contributed by atoms with Gasteiger partial charge < -0.3 is 5.73 Å². The topological polar surface area (TPSA) is 110 Å². The number of nitrogens with one attached hydrogen (secondary N) is 1. The van der Waals surface area contributed by atoms with E-state index in [0.717, 1.165) is 17.1 Å². The van der Waals surface area contributed by atoms with Crippen LogP contribution in [-0.4, -0.2) is 47.3 Å². The van der Waals surface area contributed by atoms with Gasteiger partial charge >= 0.3 is 0 Å². The average Bonchev–Trinajstić information content (AvgIpc) is 2.49. The lowest BCUT2D eigenvalue weighted by atomic mass is 9.93. The highest BCUT2D eigenvalue weighted by Gasteiger charge is 2.26. The van der Waals surface area contributed by atoms with Crippen LogP contribution in [0.25, 0.3) is 0 Å². The normalized spacial score (nSPS) is 22.2. The van der Waals surface area contributed by atoms with Gasteiger partial charge in [0, 0.05) is 26.2 Å². The molecule has 1 aromatic rings. The minimum absolute atomic E-state index is 0. The van der Waals surface area contributed by atoms with E-state index in [1.807, 2.05) is 0 Å². The van der Waals surface area contributed by atoms with E-state index in [1.165, 1.54) is 38.4 Å². The van der Waals surface area contributed by atoms with E-state index < -0.39 is 20.0 Å². The van der Waals surface area contributed by atoms with Crippen LogP contribution in [0, 0.1) is 0 Å². The fourth-order valence-corrected chi connectivity index (χ4v) is 4.91. The van der Waals surface area contributed by atoms with Crippen LogP contribution < -0.4 is 10.5 Å². The number of nitrogens with two attached hydrogens (primary N) is 1. The van der Waals surface area contributed by atoms with Crippen LogP contribution in [-0.2, 0) is 20.0 Å². The van der Waals surface area contributed by atoms with Gasteiger partial charge in [0.05, 0.1) is 9.79 Å². The Labute approximate surface area is 150 Å². The second-order valence-corrected chi connectivity index (χ2v) is 9.86. The van der Waals surface area contributed by atoms with Crippen LogP contribution in [0.5, 0.6) is 0 Å².